The average molecular weight is 404 g/mol. The van der Waals surface area contributed by atoms with E-state index in [4.69, 9.17) is 4.98 Å². The Morgan fingerprint density at radius 1 is 1.21 bits per heavy atom. The first-order valence-corrected chi connectivity index (χ1v) is 10.8. The van der Waals surface area contributed by atoms with Gasteiger partial charge < -0.3 is 5.32 Å². The number of nitrogens with zero attached hydrogens (tertiary/aromatic N) is 1. The average Bonchev–Trinajstić information content (AvgIpc) is 3.56. The number of rotatable bonds is 10. The maximum absolute atomic E-state index is 13.0. The van der Waals surface area contributed by atoms with E-state index in [2.05, 4.69) is 10.0 Å². The monoisotopic (exact) mass is 403 g/mol. The molecule has 1 amide bonds. The SMILES string of the molecule is CC.CC(NSc1ccc(CNC=O)c(CCC2CC2)n1)c1ccc(F)cc1. The minimum Gasteiger partial charge on any atom is -0.355 e. The molecule has 1 aromatic heterocycles. The second-order valence-electron chi connectivity index (χ2n) is 6.73. The molecule has 0 spiro atoms. The number of benzene rings is 1. The number of amides is 1. The smallest absolute Gasteiger partial charge is 0.207 e. The fourth-order valence-electron chi connectivity index (χ4n) is 2.81. The van der Waals surface area contributed by atoms with Crippen LogP contribution in [0.5, 0.6) is 0 Å². The summed E-state index contributed by atoms with van der Waals surface area (Å²) in [5.41, 5.74) is 3.17. The summed E-state index contributed by atoms with van der Waals surface area (Å²) in [7, 11) is 0. The van der Waals surface area contributed by atoms with Crippen LogP contribution in [0.1, 0.15) is 62.9 Å². The molecule has 0 aliphatic heterocycles. The van der Waals surface area contributed by atoms with Crippen LogP contribution in [0.15, 0.2) is 41.4 Å². The second-order valence-corrected chi connectivity index (χ2v) is 7.59. The number of nitrogens with one attached hydrogen (secondary N) is 2. The summed E-state index contributed by atoms with van der Waals surface area (Å²) in [6.07, 6.45) is 5.48. The Morgan fingerprint density at radius 3 is 2.57 bits per heavy atom. The van der Waals surface area contributed by atoms with Gasteiger partial charge in [-0.2, -0.15) is 0 Å². The van der Waals surface area contributed by atoms with Crippen LogP contribution in [0.4, 0.5) is 4.39 Å². The van der Waals surface area contributed by atoms with Gasteiger partial charge in [-0.3, -0.25) is 9.52 Å². The van der Waals surface area contributed by atoms with Gasteiger partial charge in [0.25, 0.3) is 0 Å². The summed E-state index contributed by atoms with van der Waals surface area (Å²) in [5, 5.41) is 3.63. The van der Waals surface area contributed by atoms with Crippen molar-refractivity contribution < 1.29 is 9.18 Å². The molecule has 1 aliphatic rings. The zero-order valence-electron chi connectivity index (χ0n) is 16.9. The van der Waals surface area contributed by atoms with Crippen molar-refractivity contribution in [2.75, 3.05) is 0 Å². The summed E-state index contributed by atoms with van der Waals surface area (Å²) in [4.78, 5) is 15.4. The summed E-state index contributed by atoms with van der Waals surface area (Å²) in [5.74, 6) is 0.617. The predicted molar refractivity (Wildman–Crippen MR) is 113 cm³/mol. The van der Waals surface area contributed by atoms with Crippen molar-refractivity contribution in [1.29, 1.82) is 0 Å². The van der Waals surface area contributed by atoms with E-state index in [1.165, 1.54) is 36.9 Å². The van der Waals surface area contributed by atoms with Crippen molar-refractivity contribution in [2.45, 2.75) is 64.1 Å². The molecule has 0 radical (unpaired) electrons. The van der Waals surface area contributed by atoms with Crippen LogP contribution in [-0.4, -0.2) is 11.4 Å². The van der Waals surface area contributed by atoms with Crippen molar-refractivity contribution in [1.82, 2.24) is 15.0 Å². The van der Waals surface area contributed by atoms with E-state index in [0.717, 1.165) is 47.0 Å². The highest BCUT2D eigenvalue weighted by Gasteiger charge is 2.21. The first kappa shape index (κ1) is 22.4. The highest BCUT2D eigenvalue weighted by Crippen LogP contribution is 2.34. The van der Waals surface area contributed by atoms with E-state index in [1.54, 1.807) is 12.1 Å². The molecule has 1 saturated carbocycles. The molecule has 1 fully saturated rings. The number of hydrogen-bond donors (Lipinski definition) is 2. The van der Waals surface area contributed by atoms with Gasteiger partial charge >= 0.3 is 0 Å². The summed E-state index contributed by atoms with van der Waals surface area (Å²) >= 11 is 1.48. The Labute approximate surface area is 171 Å². The van der Waals surface area contributed by atoms with Crippen LogP contribution < -0.4 is 10.0 Å². The third-order valence-corrected chi connectivity index (χ3v) is 5.52. The minimum absolute atomic E-state index is 0.0775. The molecule has 2 aromatic rings. The molecule has 1 unspecified atom stereocenters. The molecule has 0 saturated heterocycles. The number of aryl methyl sites for hydroxylation is 1. The zero-order chi connectivity index (χ0) is 20.4. The fraction of sp³-hybridized carbons (Fsp3) is 0.455. The highest BCUT2D eigenvalue weighted by molar-refractivity contribution is 7.97. The lowest BCUT2D eigenvalue weighted by Crippen LogP contribution is -2.14. The lowest BCUT2D eigenvalue weighted by Gasteiger charge is -2.15. The maximum atomic E-state index is 13.0. The zero-order valence-corrected chi connectivity index (χ0v) is 17.7. The van der Waals surface area contributed by atoms with Crippen LogP contribution in [0.3, 0.4) is 0 Å². The third kappa shape index (κ3) is 7.24. The Balaban J connectivity index is 0.00000136. The summed E-state index contributed by atoms with van der Waals surface area (Å²) in [6, 6.07) is 10.6. The van der Waals surface area contributed by atoms with Gasteiger partial charge in [0.05, 0.1) is 0 Å². The topological polar surface area (TPSA) is 54.0 Å². The maximum Gasteiger partial charge on any atom is 0.207 e. The number of halogens is 1. The molecular formula is C22H30FN3OS. The van der Waals surface area contributed by atoms with Gasteiger partial charge in [-0.25, -0.2) is 9.37 Å². The molecule has 28 heavy (non-hydrogen) atoms. The van der Waals surface area contributed by atoms with Crippen LogP contribution in [0, 0.1) is 11.7 Å². The Hall–Kier alpha value is -1.92. The third-order valence-electron chi connectivity index (χ3n) is 4.62. The largest absolute Gasteiger partial charge is 0.355 e. The number of carbonyl (C=O) groups is 1. The number of aromatic nitrogens is 1. The molecule has 3 rings (SSSR count). The van der Waals surface area contributed by atoms with Gasteiger partial charge in [-0.05, 0) is 67.0 Å². The molecule has 1 atom stereocenters. The first-order chi connectivity index (χ1) is 13.7. The fourth-order valence-corrected chi connectivity index (χ4v) is 3.54. The van der Waals surface area contributed by atoms with E-state index < -0.39 is 0 Å². The predicted octanol–water partition coefficient (Wildman–Crippen LogP) is 5.19. The van der Waals surface area contributed by atoms with E-state index in [0.29, 0.717) is 6.54 Å². The van der Waals surface area contributed by atoms with Crippen molar-refractivity contribution in [3.05, 3.63) is 59.0 Å². The molecule has 1 aliphatic carbocycles. The van der Waals surface area contributed by atoms with Gasteiger partial charge in [0, 0.05) is 18.3 Å². The molecule has 0 bridgehead atoms. The number of carbonyl (C=O) groups excluding carboxylic acids is 1. The summed E-state index contributed by atoms with van der Waals surface area (Å²) < 4.78 is 16.4. The molecule has 2 N–H and O–H groups in total. The van der Waals surface area contributed by atoms with Crippen LogP contribution in [-0.2, 0) is 17.8 Å². The molecule has 1 aromatic carbocycles. The van der Waals surface area contributed by atoms with Crippen molar-refractivity contribution in [2.24, 2.45) is 5.92 Å². The Bertz CT molecular complexity index is 735. The van der Waals surface area contributed by atoms with Crippen LogP contribution in [0.2, 0.25) is 0 Å². The Kier molecular flexibility index (Phi) is 9.44. The van der Waals surface area contributed by atoms with Gasteiger partial charge in [0.15, 0.2) is 0 Å². The minimum atomic E-state index is -0.227. The Morgan fingerprint density at radius 2 is 1.93 bits per heavy atom. The number of pyridine rings is 1. The quantitative estimate of drug-likeness (QED) is 0.423. The summed E-state index contributed by atoms with van der Waals surface area (Å²) in [6.45, 7) is 6.55. The molecule has 152 valence electrons. The van der Waals surface area contributed by atoms with Gasteiger partial charge in [0.2, 0.25) is 6.41 Å². The lowest BCUT2D eigenvalue weighted by molar-refractivity contribution is -0.109. The van der Waals surface area contributed by atoms with Crippen LogP contribution in [0.25, 0.3) is 0 Å². The van der Waals surface area contributed by atoms with E-state index in [-0.39, 0.29) is 11.9 Å². The van der Waals surface area contributed by atoms with E-state index in [9.17, 15) is 9.18 Å². The molecule has 6 heteroatoms. The van der Waals surface area contributed by atoms with Crippen LogP contribution >= 0.6 is 11.9 Å². The lowest BCUT2D eigenvalue weighted by atomic mass is 10.1. The van der Waals surface area contributed by atoms with Crippen molar-refractivity contribution >= 4 is 18.4 Å². The number of hydrogen-bond acceptors (Lipinski definition) is 4. The molecule has 4 nitrogen and oxygen atoms in total. The second kappa shape index (κ2) is 11.8. The van der Waals surface area contributed by atoms with E-state index >= 15 is 0 Å². The molecular weight excluding hydrogens is 373 g/mol. The highest BCUT2D eigenvalue weighted by atomic mass is 32.2. The normalized spacial score (nSPS) is 14.0. The van der Waals surface area contributed by atoms with Gasteiger partial charge in [-0.1, -0.05) is 44.9 Å². The van der Waals surface area contributed by atoms with Crippen molar-refractivity contribution in [3.63, 3.8) is 0 Å². The first-order valence-electron chi connectivity index (χ1n) is 9.99. The van der Waals surface area contributed by atoms with Crippen molar-refractivity contribution in [3.8, 4) is 0 Å². The van der Waals surface area contributed by atoms with Gasteiger partial charge in [-0.15, -0.1) is 0 Å². The van der Waals surface area contributed by atoms with Gasteiger partial charge in [0.1, 0.15) is 10.8 Å². The standard InChI is InChI=1S/C20H24FN3OS.C2H6/c1-14(16-5-8-18(21)9-6-16)24-26-20-11-7-17(12-22-13-25)19(23-20)10-4-15-2-3-15;1-2/h5-9,11,13-15,24H,2-4,10,12H2,1H3,(H,22,25);1-2H3. The van der Waals surface area contributed by atoms with E-state index in [1.807, 2.05) is 32.9 Å². The molecule has 1 heterocycles.